The molecule has 0 rings (SSSR count). The standard InChI is InChI=1S/C23H45N7O5/c1-18(25-12-15-34-16-13-27-28-24)10-14-30(8)23(5,6)19(31)17-29(7)20(32)9-11-26-21(33)35-22(2,3)4/h18,25H,9-17H2,1-8H3,(H,26,33). The third-order valence-corrected chi connectivity index (χ3v) is 5.49. The second-order valence-corrected chi connectivity index (χ2v) is 10.0. The van der Waals surface area contributed by atoms with Crippen molar-refractivity contribution in [3.05, 3.63) is 10.4 Å². The zero-order chi connectivity index (χ0) is 27.1. The number of ether oxygens (including phenoxy) is 2. The highest BCUT2D eigenvalue weighted by Gasteiger charge is 2.33. The van der Waals surface area contributed by atoms with Crippen molar-refractivity contribution < 1.29 is 23.9 Å². The van der Waals surface area contributed by atoms with E-state index in [0.29, 0.717) is 32.8 Å². The van der Waals surface area contributed by atoms with Crippen molar-refractivity contribution in [1.29, 1.82) is 0 Å². The molecule has 0 saturated heterocycles. The van der Waals surface area contributed by atoms with Crippen molar-refractivity contribution in [2.24, 2.45) is 5.11 Å². The second kappa shape index (κ2) is 16.3. The molecule has 0 aromatic rings. The maximum Gasteiger partial charge on any atom is 0.407 e. The molecule has 0 spiro atoms. The Morgan fingerprint density at radius 2 is 1.74 bits per heavy atom. The van der Waals surface area contributed by atoms with Crippen LogP contribution in [0.25, 0.3) is 10.4 Å². The number of hydrogen-bond acceptors (Lipinski definition) is 8. The van der Waals surface area contributed by atoms with Crippen LogP contribution in [0, 0.1) is 0 Å². The first-order valence-corrected chi connectivity index (χ1v) is 12.0. The minimum atomic E-state index is -0.743. The number of carbonyl (C=O) groups excluding carboxylic acids is 3. The fourth-order valence-corrected chi connectivity index (χ4v) is 2.88. The van der Waals surface area contributed by atoms with Crippen LogP contribution in [0.15, 0.2) is 5.11 Å². The zero-order valence-corrected chi connectivity index (χ0v) is 22.7. The van der Waals surface area contributed by atoms with Gasteiger partial charge >= 0.3 is 6.09 Å². The van der Waals surface area contributed by atoms with Crippen molar-refractivity contribution >= 4 is 17.8 Å². The summed E-state index contributed by atoms with van der Waals surface area (Å²) in [5, 5.41) is 9.32. The SMILES string of the molecule is CC(CCN(C)C(C)(C)C(=O)CN(C)C(=O)CCNC(=O)OC(C)(C)C)NCCOCCN=[N+]=[N-]. The van der Waals surface area contributed by atoms with Crippen molar-refractivity contribution in [3.63, 3.8) is 0 Å². The van der Waals surface area contributed by atoms with Gasteiger partial charge in [0.2, 0.25) is 5.91 Å². The lowest BCUT2D eigenvalue weighted by molar-refractivity contribution is -0.137. The Bertz CT molecular complexity index is 718. The fraction of sp³-hybridized carbons (Fsp3) is 0.870. The Morgan fingerprint density at radius 3 is 2.34 bits per heavy atom. The normalized spacial score (nSPS) is 12.6. The van der Waals surface area contributed by atoms with Gasteiger partial charge in [-0.05, 0) is 60.5 Å². The molecule has 0 bridgehead atoms. The molecule has 0 fully saturated rings. The van der Waals surface area contributed by atoms with Gasteiger partial charge in [-0.1, -0.05) is 5.11 Å². The molecule has 0 saturated carbocycles. The fourth-order valence-electron chi connectivity index (χ4n) is 2.88. The van der Waals surface area contributed by atoms with Crippen LogP contribution in [0.2, 0.25) is 0 Å². The lowest BCUT2D eigenvalue weighted by Crippen LogP contribution is -2.52. The first kappa shape index (κ1) is 32.6. The summed E-state index contributed by atoms with van der Waals surface area (Å²) in [5.41, 5.74) is 6.86. The summed E-state index contributed by atoms with van der Waals surface area (Å²) in [6.45, 7) is 13.8. The van der Waals surface area contributed by atoms with Gasteiger partial charge in [0.1, 0.15) is 5.60 Å². The van der Waals surface area contributed by atoms with Crippen molar-refractivity contribution in [1.82, 2.24) is 20.4 Å². The average molecular weight is 500 g/mol. The number of alkyl carbamates (subject to hydrolysis) is 1. The van der Waals surface area contributed by atoms with Crippen LogP contribution < -0.4 is 10.6 Å². The van der Waals surface area contributed by atoms with Crippen LogP contribution in [0.4, 0.5) is 4.79 Å². The third-order valence-electron chi connectivity index (χ3n) is 5.49. The third kappa shape index (κ3) is 15.3. The van der Waals surface area contributed by atoms with Crippen molar-refractivity contribution in [3.8, 4) is 0 Å². The molecule has 202 valence electrons. The lowest BCUT2D eigenvalue weighted by atomic mass is 9.96. The van der Waals surface area contributed by atoms with Gasteiger partial charge in [0.25, 0.3) is 0 Å². The Morgan fingerprint density at radius 1 is 1.09 bits per heavy atom. The summed E-state index contributed by atoms with van der Waals surface area (Å²) in [6, 6.07) is 0.228. The number of nitrogens with one attached hydrogen (secondary N) is 2. The first-order valence-electron chi connectivity index (χ1n) is 12.0. The van der Waals surface area contributed by atoms with E-state index in [1.807, 2.05) is 25.8 Å². The van der Waals surface area contributed by atoms with Crippen LogP contribution >= 0.6 is 0 Å². The second-order valence-electron chi connectivity index (χ2n) is 10.0. The summed E-state index contributed by atoms with van der Waals surface area (Å²) < 4.78 is 10.5. The van der Waals surface area contributed by atoms with Gasteiger partial charge in [-0.2, -0.15) is 0 Å². The summed E-state index contributed by atoms with van der Waals surface area (Å²) in [4.78, 5) is 43.1. The Hall–Kier alpha value is -2.40. The van der Waals surface area contributed by atoms with Gasteiger partial charge < -0.3 is 25.0 Å². The van der Waals surface area contributed by atoms with E-state index in [4.69, 9.17) is 15.0 Å². The van der Waals surface area contributed by atoms with E-state index in [0.717, 1.165) is 6.42 Å². The number of Topliss-reactive ketones (excluding diaryl/α,β-unsaturated/α-hetero) is 1. The van der Waals surface area contributed by atoms with Gasteiger partial charge in [-0.15, -0.1) is 0 Å². The van der Waals surface area contributed by atoms with Crippen molar-refractivity contribution in [2.75, 3.05) is 60.0 Å². The number of amides is 2. The zero-order valence-electron chi connectivity index (χ0n) is 22.7. The summed E-state index contributed by atoms with van der Waals surface area (Å²) in [7, 11) is 3.49. The smallest absolute Gasteiger partial charge is 0.407 e. The van der Waals surface area contributed by atoms with E-state index >= 15 is 0 Å². The lowest BCUT2D eigenvalue weighted by Gasteiger charge is -2.36. The quantitative estimate of drug-likeness (QED) is 0.135. The van der Waals surface area contributed by atoms with E-state index in [2.05, 4.69) is 27.6 Å². The predicted octanol–water partition coefficient (Wildman–Crippen LogP) is 2.33. The van der Waals surface area contributed by atoms with E-state index in [-0.39, 0.29) is 37.2 Å². The van der Waals surface area contributed by atoms with Crippen molar-refractivity contribution in [2.45, 2.75) is 71.6 Å². The molecule has 35 heavy (non-hydrogen) atoms. The maximum absolute atomic E-state index is 12.9. The van der Waals surface area contributed by atoms with E-state index in [1.54, 1.807) is 27.8 Å². The maximum atomic E-state index is 12.9. The van der Waals surface area contributed by atoms with Crippen LogP contribution in [0.3, 0.4) is 0 Å². The minimum Gasteiger partial charge on any atom is -0.444 e. The molecule has 1 unspecified atom stereocenters. The van der Waals surface area contributed by atoms with E-state index in [1.165, 1.54) is 4.90 Å². The van der Waals surface area contributed by atoms with Gasteiger partial charge in [0.05, 0.1) is 25.3 Å². The van der Waals surface area contributed by atoms with Gasteiger partial charge in [-0.3, -0.25) is 14.5 Å². The summed E-state index contributed by atoms with van der Waals surface area (Å²) in [5.74, 6) is -0.294. The molecule has 12 heteroatoms. The number of hydrogen-bond donors (Lipinski definition) is 2. The average Bonchev–Trinajstić information content (AvgIpc) is 2.75. The highest BCUT2D eigenvalue weighted by Crippen LogP contribution is 2.15. The monoisotopic (exact) mass is 499 g/mol. The van der Waals surface area contributed by atoms with Gasteiger partial charge in [0, 0.05) is 50.6 Å². The van der Waals surface area contributed by atoms with Crippen LogP contribution in [0.5, 0.6) is 0 Å². The number of likely N-dealkylation sites (N-methyl/N-ethyl adjacent to an activating group) is 2. The van der Waals surface area contributed by atoms with Crippen LogP contribution in [0.1, 0.15) is 54.4 Å². The molecule has 0 heterocycles. The molecule has 1 atom stereocenters. The Labute approximate surface area is 209 Å². The van der Waals surface area contributed by atoms with E-state index in [9.17, 15) is 14.4 Å². The van der Waals surface area contributed by atoms with Crippen LogP contribution in [-0.4, -0.2) is 105 Å². The number of azide groups is 1. The molecule has 0 aliphatic heterocycles. The predicted molar refractivity (Wildman–Crippen MR) is 135 cm³/mol. The minimum absolute atomic E-state index is 0.0103. The Balaban J connectivity index is 4.34. The molecule has 2 N–H and O–H groups in total. The topological polar surface area (TPSA) is 149 Å². The molecule has 2 amide bonds. The largest absolute Gasteiger partial charge is 0.444 e. The molecule has 12 nitrogen and oxygen atoms in total. The molecule has 0 radical (unpaired) electrons. The molecule has 0 aromatic carbocycles. The van der Waals surface area contributed by atoms with Crippen LogP contribution in [-0.2, 0) is 19.1 Å². The number of nitrogens with zero attached hydrogens (tertiary/aromatic N) is 5. The summed E-state index contributed by atoms with van der Waals surface area (Å²) in [6.07, 6.45) is 0.336. The molecular weight excluding hydrogens is 454 g/mol. The highest BCUT2D eigenvalue weighted by molar-refractivity contribution is 5.92. The first-order chi connectivity index (χ1) is 16.2. The van der Waals surface area contributed by atoms with Gasteiger partial charge in [0.15, 0.2) is 5.78 Å². The number of rotatable bonds is 17. The summed E-state index contributed by atoms with van der Waals surface area (Å²) >= 11 is 0. The molecule has 0 aliphatic carbocycles. The van der Waals surface area contributed by atoms with Gasteiger partial charge in [-0.25, -0.2) is 4.79 Å². The molecule has 0 aliphatic rings. The highest BCUT2D eigenvalue weighted by atomic mass is 16.6. The molecular formula is C23H45N7O5. The van der Waals surface area contributed by atoms with E-state index < -0.39 is 17.2 Å². The number of ketones is 1. The molecule has 0 aromatic heterocycles. The Kier molecular flexibility index (Phi) is 15.2. The number of carbonyl (C=O) groups is 3.